The predicted octanol–water partition coefficient (Wildman–Crippen LogP) is 3.31. The van der Waals surface area contributed by atoms with Crippen LogP contribution in [0, 0.1) is 12.8 Å². The molecule has 2 aromatic rings. The standard InChI is InChI=1S/C28H40N4O3/c1-4-18(3)27(34)30-24(16-33)28(35)31-12-11-25-26(31)22(15-32(25)19-7-5-6-8-19)21-14-29-23-13-17(2)9-10-20(21)23/h9-10,13-14,18-19,22,24-26,29,33H,4-8,11-12,15-16H2,1-3H3,(H,30,34)/t18-,22-,24+,25-,26-/m1/s1. The summed E-state index contributed by atoms with van der Waals surface area (Å²) in [6.07, 6.45) is 8.83. The smallest absolute Gasteiger partial charge is 0.247 e. The van der Waals surface area contributed by atoms with Gasteiger partial charge in [-0.25, -0.2) is 0 Å². The Kier molecular flexibility index (Phi) is 6.91. The molecule has 0 radical (unpaired) electrons. The van der Waals surface area contributed by atoms with E-state index in [1.54, 1.807) is 0 Å². The van der Waals surface area contributed by atoms with Crippen LogP contribution in [0.15, 0.2) is 24.4 Å². The second-order valence-electron chi connectivity index (χ2n) is 11.0. The number of aliphatic hydroxyl groups is 1. The molecule has 1 aliphatic carbocycles. The van der Waals surface area contributed by atoms with Crippen LogP contribution >= 0.6 is 0 Å². The number of aryl methyl sites for hydroxylation is 1. The molecule has 0 bridgehead atoms. The maximum atomic E-state index is 13.7. The summed E-state index contributed by atoms with van der Waals surface area (Å²) in [7, 11) is 0. The number of rotatable bonds is 7. The number of nitrogens with one attached hydrogen (secondary N) is 2. The Bertz CT molecular complexity index is 1080. The fourth-order valence-electron chi connectivity index (χ4n) is 6.77. The second-order valence-corrected chi connectivity index (χ2v) is 11.0. The lowest BCUT2D eigenvalue weighted by Gasteiger charge is -2.32. The minimum Gasteiger partial charge on any atom is -0.394 e. The number of nitrogens with zero attached hydrogens (tertiary/aromatic N) is 2. The Morgan fingerprint density at radius 3 is 2.71 bits per heavy atom. The predicted molar refractivity (Wildman–Crippen MR) is 137 cm³/mol. The van der Waals surface area contributed by atoms with Crippen LogP contribution < -0.4 is 5.32 Å². The first-order chi connectivity index (χ1) is 16.9. The summed E-state index contributed by atoms with van der Waals surface area (Å²) in [5, 5.41) is 14.1. The first kappa shape index (κ1) is 24.3. The van der Waals surface area contributed by atoms with E-state index in [1.165, 1.54) is 42.2 Å². The maximum Gasteiger partial charge on any atom is 0.247 e. The van der Waals surface area contributed by atoms with Crippen molar-refractivity contribution >= 4 is 22.7 Å². The molecule has 1 saturated carbocycles. The monoisotopic (exact) mass is 480 g/mol. The summed E-state index contributed by atoms with van der Waals surface area (Å²) < 4.78 is 0. The van der Waals surface area contributed by atoms with Crippen molar-refractivity contribution in [2.45, 2.75) is 89.4 Å². The van der Waals surface area contributed by atoms with Crippen molar-refractivity contribution in [3.63, 3.8) is 0 Å². The van der Waals surface area contributed by atoms with Crippen molar-refractivity contribution in [2.75, 3.05) is 19.7 Å². The third-order valence-electron chi connectivity index (χ3n) is 8.87. The molecule has 5 atom stereocenters. The number of hydrogen-bond donors (Lipinski definition) is 3. The highest BCUT2D eigenvalue weighted by atomic mass is 16.3. The average molecular weight is 481 g/mol. The van der Waals surface area contributed by atoms with Crippen molar-refractivity contribution in [1.29, 1.82) is 0 Å². The molecule has 2 aliphatic heterocycles. The summed E-state index contributed by atoms with van der Waals surface area (Å²) in [6, 6.07) is 6.63. The first-order valence-electron chi connectivity index (χ1n) is 13.5. The topological polar surface area (TPSA) is 88.7 Å². The van der Waals surface area contributed by atoms with Crippen LogP contribution in [0.1, 0.15) is 69.4 Å². The van der Waals surface area contributed by atoms with Gasteiger partial charge in [0.25, 0.3) is 0 Å². The molecule has 1 aromatic heterocycles. The van der Waals surface area contributed by atoms with Gasteiger partial charge < -0.3 is 20.3 Å². The summed E-state index contributed by atoms with van der Waals surface area (Å²) >= 11 is 0. The van der Waals surface area contributed by atoms with Crippen molar-refractivity contribution in [3.8, 4) is 0 Å². The van der Waals surface area contributed by atoms with Crippen LogP contribution in [0.25, 0.3) is 10.9 Å². The van der Waals surface area contributed by atoms with Crippen LogP contribution in [0.2, 0.25) is 0 Å². The van der Waals surface area contributed by atoms with E-state index in [-0.39, 0.29) is 36.3 Å². The van der Waals surface area contributed by atoms with Gasteiger partial charge in [0.05, 0.1) is 12.6 Å². The van der Waals surface area contributed by atoms with Gasteiger partial charge in [0.1, 0.15) is 6.04 Å². The lowest BCUT2D eigenvalue weighted by molar-refractivity contribution is -0.139. The number of aromatic nitrogens is 1. The number of fused-ring (bicyclic) bond motifs is 2. The van der Waals surface area contributed by atoms with Crippen molar-refractivity contribution in [3.05, 3.63) is 35.5 Å². The fraction of sp³-hybridized carbons (Fsp3) is 0.643. The first-order valence-corrected chi connectivity index (χ1v) is 13.5. The number of carbonyl (C=O) groups is 2. The zero-order valence-electron chi connectivity index (χ0n) is 21.3. The number of H-pyrrole nitrogens is 1. The Balaban J connectivity index is 1.46. The van der Waals surface area contributed by atoms with E-state index < -0.39 is 6.04 Å². The van der Waals surface area contributed by atoms with Gasteiger partial charge in [-0.1, -0.05) is 38.8 Å². The van der Waals surface area contributed by atoms with Crippen LogP contribution in [0.3, 0.4) is 0 Å². The largest absolute Gasteiger partial charge is 0.394 e. The Morgan fingerprint density at radius 2 is 2.00 bits per heavy atom. The fourth-order valence-corrected chi connectivity index (χ4v) is 6.77. The minimum absolute atomic E-state index is 0.0537. The number of amides is 2. The lowest BCUT2D eigenvalue weighted by atomic mass is 9.91. The van der Waals surface area contributed by atoms with Crippen molar-refractivity contribution < 1.29 is 14.7 Å². The van der Waals surface area contributed by atoms with Gasteiger partial charge in [-0.15, -0.1) is 0 Å². The van der Waals surface area contributed by atoms with Crippen LogP contribution in [0.5, 0.6) is 0 Å². The molecule has 3 aliphatic rings. The normalized spacial score (nSPS) is 26.9. The molecule has 0 unspecified atom stereocenters. The van der Waals surface area contributed by atoms with Crippen LogP contribution in [0.4, 0.5) is 0 Å². The molecule has 7 nitrogen and oxygen atoms in total. The Hall–Kier alpha value is -2.38. The second kappa shape index (κ2) is 9.94. The molecule has 3 fully saturated rings. The van der Waals surface area contributed by atoms with E-state index in [2.05, 4.69) is 46.5 Å². The summed E-state index contributed by atoms with van der Waals surface area (Å²) in [5.41, 5.74) is 3.64. The number of hydrogen-bond acceptors (Lipinski definition) is 4. The number of carbonyl (C=O) groups excluding carboxylic acids is 2. The molecule has 35 heavy (non-hydrogen) atoms. The number of aromatic amines is 1. The quantitative estimate of drug-likeness (QED) is 0.567. The average Bonchev–Trinajstić information content (AvgIpc) is 3.65. The molecular formula is C28H40N4O3. The summed E-state index contributed by atoms with van der Waals surface area (Å²) in [6.45, 7) is 7.16. The molecule has 3 N–H and O–H groups in total. The van der Waals surface area contributed by atoms with E-state index >= 15 is 0 Å². The molecule has 3 heterocycles. The van der Waals surface area contributed by atoms with Crippen LogP contribution in [-0.4, -0.2) is 75.6 Å². The van der Waals surface area contributed by atoms with E-state index in [0.717, 1.165) is 18.5 Å². The number of aliphatic hydroxyl groups excluding tert-OH is 1. The SMILES string of the molecule is CC[C@@H](C)C(=O)N[C@@H](CO)C(=O)N1CC[C@@H]2[C@H]1[C@@H](c1c[nH]c3cc(C)ccc13)CN2C1CCCC1. The van der Waals surface area contributed by atoms with E-state index in [9.17, 15) is 14.7 Å². The van der Waals surface area contributed by atoms with Gasteiger partial charge >= 0.3 is 0 Å². The van der Waals surface area contributed by atoms with Gasteiger partial charge in [0, 0.05) is 54.1 Å². The van der Waals surface area contributed by atoms with Gasteiger partial charge in [0.2, 0.25) is 11.8 Å². The third kappa shape index (κ3) is 4.38. The van der Waals surface area contributed by atoms with Crippen molar-refractivity contribution in [1.82, 2.24) is 20.1 Å². The molecule has 1 aromatic carbocycles. The Labute approximate surface area is 208 Å². The van der Waals surface area contributed by atoms with Gasteiger partial charge in [-0.05, 0) is 49.8 Å². The molecule has 190 valence electrons. The number of likely N-dealkylation sites (tertiary alicyclic amines) is 2. The highest BCUT2D eigenvalue weighted by molar-refractivity contribution is 5.89. The number of benzene rings is 1. The van der Waals surface area contributed by atoms with Gasteiger partial charge in [0.15, 0.2) is 0 Å². The summed E-state index contributed by atoms with van der Waals surface area (Å²) in [5.74, 6) is -0.299. The van der Waals surface area contributed by atoms with E-state index in [4.69, 9.17) is 0 Å². The molecule has 0 spiro atoms. The molecule has 2 saturated heterocycles. The third-order valence-corrected chi connectivity index (χ3v) is 8.87. The molecule has 2 amide bonds. The van der Waals surface area contributed by atoms with Gasteiger partial charge in [-0.3, -0.25) is 14.5 Å². The van der Waals surface area contributed by atoms with E-state index in [1.807, 2.05) is 18.7 Å². The zero-order valence-corrected chi connectivity index (χ0v) is 21.3. The highest BCUT2D eigenvalue weighted by Crippen LogP contribution is 2.45. The molecular weight excluding hydrogens is 440 g/mol. The van der Waals surface area contributed by atoms with Crippen LogP contribution in [-0.2, 0) is 9.59 Å². The van der Waals surface area contributed by atoms with E-state index in [0.29, 0.717) is 25.0 Å². The van der Waals surface area contributed by atoms with Gasteiger partial charge in [-0.2, -0.15) is 0 Å². The highest BCUT2D eigenvalue weighted by Gasteiger charge is 2.53. The lowest BCUT2D eigenvalue weighted by Crippen LogP contribution is -2.54. The zero-order chi connectivity index (χ0) is 24.7. The summed E-state index contributed by atoms with van der Waals surface area (Å²) in [4.78, 5) is 34.4. The minimum atomic E-state index is -0.887. The van der Waals surface area contributed by atoms with Crippen molar-refractivity contribution in [2.24, 2.45) is 5.92 Å². The molecule has 7 heteroatoms. The Morgan fingerprint density at radius 1 is 1.23 bits per heavy atom. The molecule has 5 rings (SSSR count). The maximum absolute atomic E-state index is 13.7.